The number of para-hydroxylation sites is 2. The Kier molecular flexibility index (Phi) is 6.17. The van der Waals surface area contributed by atoms with E-state index in [-0.39, 0.29) is 0 Å². The van der Waals surface area contributed by atoms with E-state index in [1.165, 1.54) is 32.7 Å². The van der Waals surface area contributed by atoms with Crippen molar-refractivity contribution in [2.24, 2.45) is 0 Å². The third-order valence-electron chi connectivity index (χ3n) is 9.00. The fourth-order valence-electron chi connectivity index (χ4n) is 6.83. The lowest BCUT2D eigenvalue weighted by molar-refractivity contribution is 0.669. The molecule has 0 aliphatic heterocycles. The van der Waals surface area contributed by atoms with Gasteiger partial charge in [-0.05, 0) is 92.8 Å². The monoisotopic (exact) mass is 587 g/mol. The molecule has 0 aliphatic rings. The van der Waals surface area contributed by atoms with Crippen LogP contribution in [0.1, 0.15) is 0 Å². The Morgan fingerprint density at radius 2 is 1.00 bits per heavy atom. The highest BCUT2D eigenvalue weighted by Crippen LogP contribution is 2.45. The summed E-state index contributed by atoms with van der Waals surface area (Å²) in [6.45, 7) is 0. The van der Waals surface area contributed by atoms with Crippen LogP contribution >= 0.6 is 0 Å². The van der Waals surface area contributed by atoms with Crippen molar-refractivity contribution in [3.63, 3.8) is 0 Å². The van der Waals surface area contributed by atoms with Gasteiger partial charge >= 0.3 is 0 Å². The molecule has 2 heteroatoms. The molecule has 0 spiro atoms. The molecule has 0 saturated heterocycles. The highest BCUT2D eigenvalue weighted by molar-refractivity contribution is 6.16. The van der Waals surface area contributed by atoms with E-state index >= 15 is 0 Å². The van der Waals surface area contributed by atoms with Gasteiger partial charge in [0.1, 0.15) is 11.2 Å². The lowest BCUT2D eigenvalue weighted by atomic mass is 9.96. The van der Waals surface area contributed by atoms with E-state index in [9.17, 15) is 0 Å². The van der Waals surface area contributed by atoms with E-state index in [1.54, 1.807) is 0 Å². The van der Waals surface area contributed by atoms with Crippen LogP contribution < -0.4 is 4.90 Å². The van der Waals surface area contributed by atoms with Crippen LogP contribution in [0, 0.1) is 0 Å². The molecule has 8 aromatic carbocycles. The lowest BCUT2D eigenvalue weighted by Gasteiger charge is -2.28. The van der Waals surface area contributed by atoms with Crippen molar-refractivity contribution < 1.29 is 4.42 Å². The van der Waals surface area contributed by atoms with E-state index < -0.39 is 0 Å². The van der Waals surface area contributed by atoms with E-state index in [0.717, 1.165) is 50.1 Å². The molecule has 46 heavy (non-hydrogen) atoms. The smallest absolute Gasteiger partial charge is 0.136 e. The van der Waals surface area contributed by atoms with Crippen LogP contribution in [0.5, 0.6) is 0 Å². The largest absolute Gasteiger partial charge is 0.456 e. The van der Waals surface area contributed by atoms with E-state index in [1.807, 2.05) is 0 Å². The van der Waals surface area contributed by atoms with Gasteiger partial charge in [-0.25, -0.2) is 0 Å². The third kappa shape index (κ3) is 4.43. The Morgan fingerprint density at radius 3 is 1.85 bits per heavy atom. The zero-order valence-corrected chi connectivity index (χ0v) is 25.1. The molecule has 0 atom stereocenters. The molecular formula is C44H29NO. The Balaban J connectivity index is 1.25. The van der Waals surface area contributed by atoms with Gasteiger partial charge in [-0.2, -0.15) is 0 Å². The molecule has 0 aliphatic carbocycles. The average Bonchev–Trinajstić information content (AvgIpc) is 3.49. The van der Waals surface area contributed by atoms with Gasteiger partial charge in [0.05, 0.1) is 5.69 Å². The minimum Gasteiger partial charge on any atom is -0.456 e. The SMILES string of the molecule is c1ccc(N(c2cccc(-c3ccc4ccccc4c3)c2)c2ccccc2-c2cccc3oc4cc5ccccc5cc4c23)cc1. The van der Waals surface area contributed by atoms with Crippen molar-refractivity contribution in [2.45, 2.75) is 0 Å². The Labute approximate surface area is 267 Å². The average molecular weight is 588 g/mol. The van der Waals surface area contributed by atoms with Gasteiger partial charge in [-0.1, -0.05) is 121 Å². The molecule has 0 saturated carbocycles. The van der Waals surface area contributed by atoms with Crippen LogP contribution in [-0.2, 0) is 0 Å². The maximum Gasteiger partial charge on any atom is 0.136 e. The number of fused-ring (bicyclic) bond motifs is 5. The standard InChI is InChI=1S/C44H29NO/c1-2-17-36(18-3-1)45(37-19-10-16-32(27-37)35-25-24-30-12-4-5-13-31(30)26-35)41-22-9-8-20-38(41)39-21-11-23-42-44(39)40-28-33-14-6-7-15-34(33)29-43(40)46-42/h1-29H. The fourth-order valence-corrected chi connectivity index (χ4v) is 6.83. The topological polar surface area (TPSA) is 16.4 Å². The molecule has 0 N–H and O–H groups in total. The normalized spacial score (nSPS) is 11.5. The number of rotatable bonds is 5. The molecule has 2 nitrogen and oxygen atoms in total. The van der Waals surface area contributed by atoms with Gasteiger partial charge in [0, 0.05) is 27.7 Å². The highest BCUT2D eigenvalue weighted by Gasteiger charge is 2.20. The summed E-state index contributed by atoms with van der Waals surface area (Å²) in [4.78, 5) is 2.37. The van der Waals surface area contributed by atoms with E-state index in [4.69, 9.17) is 4.42 Å². The van der Waals surface area contributed by atoms with Crippen LogP contribution in [0.3, 0.4) is 0 Å². The Bertz CT molecular complexity index is 2540. The van der Waals surface area contributed by atoms with Gasteiger partial charge in [0.2, 0.25) is 0 Å². The maximum atomic E-state index is 6.47. The first kappa shape index (κ1) is 26.3. The predicted molar refractivity (Wildman–Crippen MR) is 194 cm³/mol. The zero-order chi connectivity index (χ0) is 30.5. The molecule has 0 unspecified atom stereocenters. The minimum absolute atomic E-state index is 0.891. The van der Waals surface area contributed by atoms with Crippen molar-refractivity contribution >= 4 is 60.5 Å². The van der Waals surface area contributed by atoms with Crippen LogP contribution in [0.2, 0.25) is 0 Å². The summed E-state index contributed by atoms with van der Waals surface area (Å²) in [5.74, 6) is 0. The minimum atomic E-state index is 0.891. The number of benzene rings is 8. The van der Waals surface area contributed by atoms with Crippen LogP contribution in [0.4, 0.5) is 17.1 Å². The number of hydrogen-bond acceptors (Lipinski definition) is 2. The van der Waals surface area contributed by atoms with Crippen molar-refractivity contribution in [1.29, 1.82) is 0 Å². The number of anilines is 3. The molecule has 1 heterocycles. The summed E-state index contributed by atoms with van der Waals surface area (Å²) in [6.07, 6.45) is 0. The molecule has 9 rings (SSSR count). The summed E-state index contributed by atoms with van der Waals surface area (Å²) in [5.41, 5.74) is 9.76. The quantitative estimate of drug-likeness (QED) is 0.199. The van der Waals surface area contributed by atoms with Gasteiger partial charge in [-0.15, -0.1) is 0 Å². The van der Waals surface area contributed by atoms with Crippen LogP contribution in [0.15, 0.2) is 180 Å². The summed E-state index contributed by atoms with van der Waals surface area (Å²) >= 11 is 0. The summed E-state index contributed by atoms with van der Waals surface area (Å²) < 4.78 is 6.47. The van der Waals surface area contributed by atoms with Gasteiger partial charge in [0.15, 0.2) is 0 Å². The van der Waals surface area contributed by atoms with Crippen molar-refractivity contribution in [1.82, 2.24) is 0 Å². The van der Waals surface area contributed by atoms with Crippen molar-refractivity contribution in [2.75, 3.05) is 4.90 Å². The van der Waals surface area contributed by atoms with Crippen molar-refractivity contribution in [3.8, 4) is 22.3 Å². The van der Waals surface area contributed by atoms with Crippen molar-refractivity contribution in [3.05, 3.63) is 176 Å². The molecule has 0 amide bonds. The third-order valence-corrected chi connectivity index (χ3v) is 9.00. The molecule has 1 aromatic heterocycles. The summed E-state index contributed by atoms with van der Waals surface area (Å²) in [7, 11) is 0. The number of furan rings is 1. The molecule has 0 bridgehead atoms. The maximum absolute atomic E-state index is 6.47. The van der Waals surface area contributed by atoms with Gasteiger partial charge < -0.3 is 9.32 Å². The second-order valence-electron chi connectivity index (χ2n) is 11.8. The first-order valence-electron chi connectivity index (χ1n) is 15.7. The lowest BCUT2D eigenvalue weighted by Crippen LogP contribution is -2.11. The number of hydrogen-bond donors (Lipinski definition) is 0. The molecule has 0 fully saturated rings. The highest BCUT2D eigenvalue weighted by atomic mass is 16.3. The Hall–Kier alpha value is -6.12. The Morgan fingerprint density at radius 1 is 0.370 bits per heavy atom. The van der Waals surface area contributed by atoms with Crippen LogP contribution in [0.25, 0.3) is 65.7 Å². The molecular weight excluding hydrogens is 558 g/mol. The number of nitrogens with zero attached hydrogens (tertiary/aromatic N) is 1. The zero-order valence-electron chi connectivity index (χ0n) is 25.1. The van der Waals surface area contributed by atoms with E-state index in [0.29, 0.717) is 0 Å². The summed E-state index contributed by atoms with van der Waals surface area (Å²) in [6, 6.07) is 62.8. The first-order chi connectivity index (χ1) is 22.8. The summed E-state index contributed by atoms with van der Waals surface area (Å²) in [5, 5.41) is 7.13. The van der Waals surface area contributed by atoms with Gasteiger partial charge in [-0.3, -0.25) is 0 Å². The van der Waals surface area contributed by atoms with Crippen LogP contribution in [-0.4, -0.2) is 0 Å². The van der Waals surface area contributed by atoms with E-state index in [2.05, 4.69) is 181 Å². The molecule has 0 radical (unpaired) electrons. The predicted octanol–water partition coefficient (Wildman–Crippen LogP) is 12.7. The second kappa shape index (κ2) is 10.8. The van der Waals surface area contributed by atoms with Gasteiger partial charge in [0.25, 0.3) is 0 Å². The second-order valence-corrected chi connectivity index (χ2v) is 11.8. The first-order valence-corrected chi connectivity index (χ1v) is 15.7. The molecule has 216 valence electrons. The molecule has 9 aromatic rings. The fraction of sp³-hybridized carbons (Fsp3) is 0.